The summed E-state index contributed by atoms with van der Waals surface area (Å²) in [5, 5.41) is 1.35. The van der Waals surface area contributed by atoms with E-state index in [1.807, 2.05) is 54.2 Å². The second-order valence-electron chi connectivity index (χ2n) is 7.05. The first-order valence-corrected chi connectivity index (χ1v) is 12.4. The number of carbonyl (C=O) groups is 1. The Morgan fingerprint density at radius 1 is 1.06 bits per heavy atom. The van der Waals surface area contributed by atoms with Gasteiger partial charge in [-0.25, -0.2) is 4.98 Å². The molecule has 158 valence electrons. The predicted octanol–water partition coefficient (Wildman–Crippen LogP) is 6.59. The number of aromatic nitrogens is 2. The average molecular weight is 468 g/mol. The third kappa shape index (κ3) is 6.06. The minimum Gasteiger partial charge on any atom is -0.282 e. The SMILES string of the molecule is O=C(CCCSCc1ccccc1)N(Cc1ccccn1)c1nc2ccc(Cl)cc2s1. The van der Waals surface area contributed by atoms with Gasteiger partial charge >= 0.3 is 0 Å². The van der Waals surface area contributed by atoms with Gasteiger partial charge in [0.05, 0.1) is 22.5 Å². The highest BCUT2D eigenvalue weighted by Crippen LogP contribution is 2.32. The summed E-state index contributed by atoms with van der Waals surface area (Å²) >= 11 is 9.47. The highest BCUT2D eigenvalue weighted by atomic mass is 35.5. The fourth-order valence-electron chi connectivity index (χ4n) is 3.14. The van der Waals surface area contributed by atoms with Crippen LogP contribution in [0.3, 0.4) is 0 Å². The van der Waals surface area contributed by atoms with E-state index >= 15 is 0 Å². The highest BCUT2D eigenvalue weighted by molar-refractivity contribution is 7.98. The summed E-state index contributed by atoms with van der Waals surface area (Å²) in [6.07, 6.45) is 3.05. The zero-order valence-electron chi connectivity index (χ0n) is 16.9. The molecular formula is C24H22ClN3OS2. The fraction of sp³-hybridized carbons (Fsp3) is 0.208. The van der Waals surface area contributed by atoms with Crippen molar-refractivity contribution in [3.8, 4) is 0 Å². The summed E-state index contributed by atoms with van der Waals surface area (Å²) < 4.78 is 0.972. The van der Waals surface area contributed by atoms with Crippen molar-refractivity contribution in [1.29, 1.82) is 0 Å². The summed E-state index contributed by atoms with van der Waals surface area (Å²) in [7, 11) is 0. The topological polar surface area (TPSA) is 46.1 Å². The van der Waals surface area contributed by atoms with Crippen molar-refractivity contribution in [1.82, 2.24) is 9.97 Å². The molecule has 0 bridgehead atoms. The second kappa shape index (κ2) is 10.8. The van der Waals surface area contributed by atoms with Crippen molar-refractivity contribution in [2.24, 2.45) is 0 Å². The normalized spacial score (nSPS) is 11.0. The molecule has 0 saturated heterocycles. The molecule has 4 nitrogen and oxygen atoms in total. The number of amides is 1. The number of carbonyl (C=O) groups excluding carboxylic acids is 1. The lowest BCUT2D eigenvalue weighted by Crippen LogP contribution is -2.30. The standard InChI is InChI=1S/C24H22ClN3OS2/c25-19-11-12-21-22(15-19)31-24(27-21)28(16-20-9-4-5-13-26-20)23(29)10-6-14-30-17-18-7-2-1-3-8-18/h1-5,7-9,11-13,15H,6,10,14,16-17H2. The predicted molar refractivity (Wildman–Crippen MR) is 132 cm³/mol. The number of fused-ring (bicyclic) bond motifs is 1. The lowest BCUT2D eigenvalue weighted by atomic mass is 10.2. The van der Waals surface area contributed by atoms with Crippen LogP contribution in [0, 0.1) is 0 Å². The maximum atomic E-state index is 13.2. The Morgan fingerprint density at radius 2 is 1.90 bits per heavy atom. The van der Waals surface area contributed by atoms with E-state index in [9.17, 15) is 4.79 Å². The molecule has 2 heterocycles. The van der Waals surface area contributed by atoms with Crippen LogP contribution in [0.2, 0.25) is 5.02 Å². The van der Waals surface area contributed by atoms with Gasteiger partial charge in [0, 0.05) is 23.4 Å². The van der Waals surface area contributed by atoms with E-state index < -0.39 is 0 Å². The molecule has 0 unspecified atom stereocenters. The van der Waals surface area contributed by atoms with Crippen LogP contribution in [-0.4, -0.2) is 21.6 Å². The maximum absolute atomic E-state index is 13.2. The monoisotopic (exact) mass is 467 g/mol. The first-order valence-electron chi connectivity index (χ1n) is 10.1. The highest BCUT2D eigenvalue weighted by Gasteiger charge is 2.20. The summed E-state index contributed by atoms with van der Waals surface area (Å²) in [5.41, 5.74) is 3.00. The van der Waals surface area contributed by atoms with Gasteiger partial charge in [0.15, 0.2) is 5.13 Å². The zero-order valence-corrected chi connectivity index (χ0v) is 19.3. The van der Waals surface area contributed by atoms with Crippen molar-refractivity contribution < 1.29 is 4.79 Å². The van der Waals surface area contributed by atoms with E-state index in [1.165, 1.54) is 16.9 Å². The van der Waals surface area contributed by atoms with Gasteiger partial charge in [-0.1, -0.05) is 59.3 Å². The molecule has 31 heavy (non-hydrogen) atoms. The molecule has 0 aliphatic rings. The van der Waals surface area contributed by atoms with E-state index in [0.29, 0.717) is 23.1 Å². The minimum atomic E-state index is 0.0658. The number of nitrogens with zero attached hydrogens (tertiary/aromatic N) is 3. The molecule has 1 amide bonds. The van der Waals surface area contributed by atoms with Crippen LogP contribution in [0.5, 0.6) is 0 Å². The van der Waals surface area contributed by atoms with Gasteiger partial charge in [0.1, 0.15) is 0 Å². The molecule has 7 heteroatoms. The first-order chi connectivity index (χ1) is 15.2. The van der Waals surface area contributed by atoms with Gasteiger partial charge in [0.25, 0.3) is 0 Å². The van der Waals surface area contributed by atoms with Crippen molar-refractivity contribution in [3.63, 3.8) is 0 Å². The van der Waals surface area contributed by atoms with Crippen LogP contribution in [0.25, 0.3) is 10.2 Å². The van der Waals surface area contributed by atoms with E-state index in [1.54, 1.807) is 11.1 Å². The number of anilines is 1. The minimum absolute atomic E-state index is 0.0658. The van der Waals surface area contributed by atoms with Gasteiger partial charge in [-0.15, -0.1) is 0 Å². The van der Waals surface area contributed by atoms with Gasteiger partial charge < -0.3 is 0 Å². The molecule has 2 aromatic carbocycles. The van der Waals surface area contributed by atoms with Crippen LogP contribution in [0.4, 0.5) is 5.13 Å². The Morgan fingerprint density at radius 3 is 2.71 bits per heavy atom. The number of rotatable bonds is 9. The molecule has 4 aromatic rings. The molecule has 0 aliphatic carbocycles. The molecule has 0 aliphatic heterocycles. The Hall–Kier alpha value is -2.41. The fourth-order valence-corrected chi connectivity index (χ4v) is 5.32. The molecule has 0 fully saturated rings. The van der Waals surface area contributed by atoms with Gasteiger partial charge in [-0.05, 0) is 48.1 Å². The number of hydrogen-bond acceptors (Lipinski definition) is 5. The van der Waals surface area contributed by atoms with Crippen LogP contribution in [0.1, 0.15) is 24.1 Å². The lowest BCUT2D eigenvalue weighted by Gasteiger charge is -2.19. The summed E-state index contributed by atoms with van der Waals surface area (Å²) in [5.74, 6) is 1.97. The number of thiazole rings is 1. The van der Waals surface area contributed by atoms with Gasteiger partial charge in [-0.3, -0.25) is 14.7 Å². The lowest BCUT2D eigenvalue weighted by molar-refractivity contribution is -0.118. The third-order valence-electron chi connectivity index (χ3n) is 4.71. The molecule has 0 saturated carbocycles. The van der Waals surface area contributed by atoms with E-state index in [-0.39, 0.29) is 5.91 Å². The Bertz CT molecular complexity index is 1140. The van der Waals surface area contributed by atoms with E-state index in [2.05, 4.69) is 34.2 Å². The smallest absolute Gasteiger partial charge is 0.229 e. The van der Waals surface area contributed by atoms with Crippen LogP contribution in [0.15, 0.2) is 72.9 Å². The molecule has 0 N–H and O–H groups in total. The van der Waals surface area contributed by atoms with E-state index in [0.717, 1.165) is 33.8 Å². The van der Waals surface area contributed by atoms with Crippen molar-refractivity contribution >= 4 is 56.0 Å². The Kier molecular flexibility index (Phi) is 7.57. The number of hydrogen-bond donors (Lipinski definition) is 0. The Balaban J connectivity index is 1.42. The zero-order chi connectivity index (χ0) is 21.5. The number of benzene rings is 2. The van der Waals surface area contributed by atoms with Crippen molar-refractivity contribution in [2.45, 2.75) is 25.1 Å². The van der Waals surface area contributed by atoms with Gasteiger partial charge in [0.2, 0.25) is 5.91 Å². The van der Waals surface area contributed by atoms with Crippen LogP contribution in [-0.2, 0) is 17.1 Å². The van der Waals surface area contributed by atoms with Gasteiger partial charge in [-0.2, -0.15) is 11.8 Å². The Labute approximate surface area is 195 Å². The number of thioether (sulfide) groups is 1. The average Bonchev–Trinajstić information content (AvgIpc) is 3.21. The molecule has 2 aromatic heterocycles. The molecule has 0 spiro atoms. The molecule has 0 atom stereocenters. The van der Waals surface area contributed by atoms with Crippen LogP contribution < -0.4 is 4.90 Å². The molecular weight excluding hydrogens is 446 g/mol. The summed E-state index contributed by atoms with van der Waals surface area (Å²) in [4.78, 5) is 24.0. The second-order valence-corrected chi connectivity index (χ2v) is 9.60. The molecule has 4 rings (SSSR count). The number of halogens is 1. The first kappa shape index (κ1) is 21.8. The largest absolute Gasteiger partial charge is 0.282 e. The van der Waals surface area contributed by atoms with Crippen molar-refractivity contribution in [2.75, 3.05) is 10.7 Å². The summed E-state index contributed by atoms with van der Waals surface area (Å²) in [6, 6.07) is 21.7. The summed E-state index contributed by atoms with van der Waals surface area (Å²) in [6.45, 7) is 0.407. The van der Waals surface area contributed by atoms with Crippen LogP contribution >= 0.6 is 34.7 Å². The van der Waals surface area contributed by atoms with Crippen molar-refractivity contribution in [3.05, 3.63) is 89.2 Å². The maximum Gasteiger partial charge on any atom is 0.229 e. The third-order valence-corrected chi connectivity index (χ3v) is 7.10. The molecule has 0 radical (unpaired) electrons. The van der Waals surface area contributed by atoms with E-state index in [4.69, 9.17) is 11.6 Å². The number of pyridine rings is 1. The quantitative estimate of drug-likeness (QED) is 0.260.